The van der Waals surface area contributed by atoms with Gasteiger partial charge < -0.3 is 14.2 Å². The van der Waals surface area contributed by atoms with Crippen LogP contribution in [0.1, 0.15) is 12.8 Å². The molecule has 2 saturated heterocycles. The van der Waals surface area contributed by atoms with Crippen LogP contribution in [0.25, 0.3) is 0 Å². The monoisotopic (exact) mass is 160 g/mol. The van der Waals surface area contributed by atoms with Gasteiger partial charge in [-0.3, -0.25) is 0 Å². The van der Waals surface area contributed by atoms with Gasteiger partial charge in [-0.2, -0.15) is 0 Å². The summed E-state index contributed by atoms with van der Waals surface area (Å²) in [6.07, 6.45) is 2.01. The Balaban J connectivity index is 0.000000112. The molecule has 0 radical (unpaired) electrons. The van der Waals surface area contributed by atoms with Crippen LogP contribution in [0.3, 0.4) is 0 Å². The van der Waals surface area contributed by atoms with E-state index in [2.05, 4.69) is 9.47 Å². The molecule has 2 heterocycles. The van der Waals surface area contributed by atoms with E-state index in [0.717, 1.165) is 13.2 Å². The van der Waals surface area contributed by atoms with Gasteiger partial charge in [0.1, 0.15) is 13.2 Å². The van der Waals surface area contributed by atoms with Crippen LogP contribution in [-0.4, -0.2) is 32.6 Å². The van der Waals surface area contributed by atoms with Gasteiger partial charge in [-0.1, -0.05) is 0 Å². The molecule has 11 heavy (non-hydrogen) atoms. The Hall–Kier alpha value is -0.770. The topological polar surface area (TPSA) is 44.8 Å². The van der Waals surface area contributed by atoms with Crippen molar-refractivity contribution in [2.24, 2.45) is 0 Å². The highest BCUT2D eigenvalue weighted by Gasteiger charge is 2.09. The fraction of sp³-hybridized carbons (Fsp3) is 0.857. The smallest absolute Gasteiger partial charge is 0.431 e. The zero-order valence-electron chi connectivity index (χ0n) is 6.38. The molecule has 0 N–H and O–H groups in total. The van der Waals surface area contributed by atoms with E-state index >= 15 is 0 Å². The minimum absolute atomic E-state index is 0.416. The molecule has 0 unspecified atom stereocenters. The first-order valence-corrected chi connectivity index (χ1v) is 3.77. The zero-order chi connectivity index (χ0) is 7.94. The van der Waals surface area contributed by atoms with Gasteiger partial charge in [-0.15, -0.1) is 0 Å². The summed E-state index contributed by atoms with van der Waals surface area (Å²) in [6, 6.07) is 0. The van der Waals surface area contributed by atoms with Crippen LogP contribution in [-0.2, 0) is 14.2 Å². The lowest BCUT2D eigenvalue weighted by Crippen LogP contribution is -1.88. The number of ether oxygens (including phenoxy) is 3. The minimum atomic E-state index is -0.546. The van der Waals surface area contributed by atoms with Crippen LogP contribution in [0.15, 0.2) is 0 Å². The molecular weight excluding hydrogens is 148 g/mol. The molecule has 4 nitrogen and oxygen atoms in total. The highest BCUT2D eigenvalue weighted by atomic mass is 16.8. The molecule has 0 aliphatic carbocycles. The number of carbonyl (C=O) groups excluding carboxylic acids is 1. The van der Waals surface area contributed by atoms with Crippen LogP contribution in [0.5, 0.6) is 0 Å². The van der Waals surface area contributed by atoms with Crippen molar-refractivity contribution < 1.29 is 19.0 Å². The zero-order valence-corrected chi connectivity index (χ0v) is 6.38. The third kappa shape index (κ3) is 3.83. The first kappa shape index (κ1) is 8.33. The Labute approximate surface area is 65.4 Å². The summed E-state index contributed by atoms with van der Waals surface area (Å²) < 4.78 is 13.5. The van der Waals surface area contributed by atoms with Crippen molar-refractivity contribution in [1.29, 1.82) is 0 Å². The average Bonchev–Trinajstić information content (AvgIpc) is 2.57. The second-order valence-corrected chi connectivity index (χ2v) is 2.27. The highest BCUT2D eigenvalue weighted by molar-refractivity contribution is 5.61. The van der Waals surface area contributed by atoms with Gasteiger partial charge in [0.2, 0.25) is 0 Å². The lowest BCUT2D eigenvalue weighted by molar-refractivity contribution is 0.131. The van der Waals surface area contributed by atoms with Crippen LogP contribution in [0, 0.1) is 0 Å². The molecule has 2 aliphatic rings. The van der Waals surface area contributed by atoms with Crippen LogP contribution < -0.4 is 0 Å². The third-order valence-electron chi connectivity index (χ3n) is 1.35. The van der Waals surface area contributed by atoms with Gasteiger partial charge in [0.25, 0.3) is 0 Å². The first-order valence-electron chi connectivity index (χ1n) is 3.77. The number of hydrogen-bond donors (Lipinski definition) is 0. The second kappa shape index (κ2) is 4.96. The van der Waals surface area contributed by atoms with Crippen molar-refractivity contribution >= 4 is 6.16 Å². The quantitative estimate of drug-likeness (QED) is 0.495. The van der Waals surface area contributed by atoms with E-state index in [1.165, 1.54) is 12.8 Å². The summed E-state index contributed by atoms with van der Waals surface area (Å²) in [7, 11) is 0. The number of hydrogen-bond acceptors (Lipinski definition) is 4. The van der Waals surface area contributed by atoms with E-state index < -0.39 is 6.16 Å². The fourth-order valence-electron chi connectivity index (χ4n) is 0.802. The lowest BCUT2D eigenvalue weighted by Gasteiger charge is -1.78. The molecule has 2 rings (SSSR count). The Kier molecular flexibility index (Phi) is 3.75. The minimum Gasteiger partial charge on any atom is -0.431 e. The van der Waals surface area contributed by atoms with Gasteiger partial charge in [0.05, 0.1) is 0 Å². The summed E-state index contributed by atoms with van der Waals surface area (Å²) in [6.45, 7) is 2.83. The van der Waals surface area contributed by atoms with Crippen LogP contribution in [0.2, 0.25) is 0 Å². The van der Waals surface area contributed by atoms with Gasteiger partial charge in [-0.05, 0) is 12.8 Å². The average molecular weight is 160 g/mol. The molecule has 2 aliphatic heterocycles. The summed E-state index contributed by atoms with van der Waals surface area (Å²) in [5.41, 5.74) is 0. The third-order valence-corrected chi connectivity index (χ3v) is 1.35. The molecule has 0 aromatic rings. The first-order chi connectivity index (χ1) is 5.39. The normalized spacial score (nSPS) is 21.6. The Morgan fingerprint density at radius 1 is 0.909 bits per heavy atom. The van der Waals surface area contributed by atoms with E-state index in [1.54, 1.807) is 0 Å². The number of carbonyl (C=O) groups is 1. The molecule has 0 bridgehead atoms. The van der Waals surface area contributed by atoms with Crippen molar-refractivity contribution in [3.8, 4) is 0 Å². The second-order valence-electron chi connectivity index (χ2n) is 2.27. The van der Waals surface area contributed by atoms with Gasteiger partial charge in [0.15, 0.2) is 0 Å². The number of cyclic esters (lactones) is 2. The van der Waals surface area contributed by atoms with Crippen molar-refractivity contribution in [3.63, 3.8) is 0 Å². The standard InChI is InChI=1S/C4H8O.C3H4O3/c1-2-4-5-3-1;4-3-5-1-2-6-3/h1-4H2;1-2H2. The highest BCUT2D eigenvalue weighted by Crippen LogP contribution is 1.98. The maximum Gasteiger partial charge on any atom is 0.508 e. The Morgan fingerprint density at radius 3 is 1.64 bits per heavy atom. The molecule has 0 aromatic carbocycles. The lowest BCUT2D eigenvalue weighted by atomic mass is 10.4. The van der Waals surface area contributed by atoms with Crippen molar-refractivity contribution in [3.05, 3.63) is 0 Å². The summed E-state index contributed by atoms with van der Waals surface area (Å²) >= 11 is 0. The summed E-state index contributed by atoms with van der Waals surface area (Å²) in [4.78, 5) is 9.80. The summed E-state index contributed by atoms with van der Waals surface area (Å²) in [5, 5.41) is 0. The Bertz CT molecular complexity index is 104. The van der Waals surface area contributed by atoms with Gasteiger partial charge in [-0.25, -0.2) is 4.79 Å². The molecule has 0 atom stereocenters. The predicted molar refractivity (Wildman–Crippen MR) is 37.4 cm³/mol. The predicted octanol–water partition coefficient (Wildman–Crippen LogP) is 0.950. The van der Waals surface area contributed by atoms with Gasteiger partial charge >= 0.3 is 6.16 Å². The van der Waals surface area contributed by atoms with E-state index in [4.69, 9.17) is 4.74 Å². The molecule has 64 valence electrons. The summed E-state index contributed by atoms with van der Waals surface area (Å²) in [5.74, 6) is 0. The SMILES string of the molecule is C1CCOC1.O=C1OCCO1. The van der Waals surface area contributed by atoms with E-state index in [0.29, 0.717) is 13.2 Å². The molecule has 0 aromatic heterocycles. The van der Waals surface area contributed by atoms with Crippen molar-refractivity contribution in [1.82, 2.24) is 0 Å². The van der Waals surface area contributed by atoms with E-state index in [-0.39, 0.29) is 0 Å². The van der Waals surface area contributed by atoms with Crippen LogP contribution in [0.4, 0.5) is 4.79 Å². The molecule has 0 spiro atoms. The maximum absolute atomic E-state index is 9.80. The Morgan fingerprint density at radius 2 is 1.45 bits per heavy atom. The largest absolute Gasteiger partial charge is 0.508 e. The van der Waals surface area contributed by atoms with Gasteiger partial charge in [0, 0.05) is 13.2 Å². The fourth-order valence-corrected chi connectivity index (χ4v) is 0.802. The number of rotatable bonds is 0. The van der Waals surface area contributed by atoms with Crippen molar-refractivity contribution in [2.75, 3.05) is 26.4 Å². The van der Waals surface area contributed by atoms with Crippen molar-refractivity contribution in [2.45, 2.75) is 12.8 Å². The molecule has 4 heteroatoms. The maximum atomic E-state index is 9.80. The molecular formula is C7H12O4. The molecule has 0 amide bonds. The molecule has 0 saturated carbocycles. The molecule has 2 fully saturated rings. The van der Waals surface area contributed by atoms with E-state index in [9.17, 15) is 4.79 Å². The van der Waals surface area contributed by atoms with Crippen LogP contribution >= 0.6 is 0 Å². The van der Waals surface area contributed by atoms with E-state index in [1.807, 2.05) is 0 Å².